The summed E-state index contributed by atoms with van der Waals surface area (Å²) in [5.74, 6) is -1.85. The molecule has 0 bridgehead atoms. The standard InChI is InChI=1S/C17H17F2NO3S/c1-24(21,22)16-5-3-2-4-14(16)20-15-8-9-23-17(15)11-6-7-12(18)13(19)10-11/h2-7,10,15,17,20H,8-9H2,1H3. The van der Waals surface area contributed by atoms with Crippen molar-refractivity contribution in [2.75, 3.05) is 18.2 Å². The van der Waals surface area contributed by atoms with Crippen molar-refractivity contribution in [1.29, 1.82) is 0 Å². The maximum absolute atomic E-state index is 13.5. The lowest BCUT2D eigenvalue weighted by atomic mass is 10.0. The molecular formula is C17H17F2NO3S. The average molecular weight is 353 g/mol. The highest BCUT2D eigenvalue weighted by Crippen LogP contribution is 2.33. The van der Waals surface area contributed by atoms with Crippen molar-refractivity contribution in [3.8, 4) is 0 Å². The number of nitrogens with one attached hydrogen (secondary N) is 1. The Hall–Kier alpha value is -1.99. The number of hydrogen-bond acceptors (Lipinski definition) is 4. The molecule has 7 heteroatoms. The molecule has 4 nitrogen and oxygen atoms in total. The van der Waals surface area contributed by atoms with Crippen molar-refractivity contribution in [1.82, 2.24) is 0 Å². The predicted octanol–water partition coefficient (Wildman–Crippen LogP) is 3.31. The summed E-state index contributed by atoms with van der Waals surface area (Å²) < 4.78 is 56.0. The van der Waals surface area contributed by atoms with Crippen LogP contribution in [0.4, 0.5) is 14.5 Å². The van der Waals surface area contributed by atoms with Gasteiger partial charge in [0, 0.05) is 12.9 Å². The third-order valence-corrected chi connectivity index (χ3v) is 5.15. The summed E-state index contributed by atoms with van der Waals surface area (Å²) >= 11 is 0. The van der Waals surface area contributed by atoms with Gasteiger partial charge in [0.05, 0.1) is 16.6 Å². The number of ether oxygens (including phenoxy) is 1. The van der Waals surface area contributed by atoms with Gasteiger partial charge in [-0.25, -0.2) is 17.2 Å². The van der Waals surface area contributed by atoms with E-state index in [0.29, 0.717) is 24.3 Å². The number of hydrogen-bond donors (Lipinski definition) is 1. The zero-order chi connectivity index (χ0) is 17.3. The van der Waals surface area contributed by atoms with Crippen molar-refractivity contribution in [3.05, 3.63) is 59.7 Å². The summed E-state index contributed by atoms with van der Waals surface area (Å²) in [6.45, 7) is 0.447. The second-order valence-electron chi connectivity index (χ2n) is 5.77. The normalized spacial score (nSPS) is 21.0. The van der Waals surface area contributed by atoms with Crippen LogP contribution < -0.4 is 5.32 Å². The molecule has 1 aliphatic rings. The molecule has 2 atom stereocenters. The van der Waals surface area contributed by atoms with Gasteiger partial charge in [0.2, 0.25) is 0 Å². The Bertz CT molecular complexity index is 855. The number of sulfone groups is 1. The van der Waals surface area contributed by atoms with Gasteiger partial charge in [0.25, 0.3) is 0 Å². The van der Waals surface area contributed by atoms with Crippen LogP contribution in [0, 0.1) is 11.6 Å². The van der Waals surface area contributed by atoms with Crippen LogP contribution in [0.1, 0.15) is 18.1 Å². The number of rotatable bonds is 4. The van der Waals surface area contributed by atoms with E-state index in [1.54, 1.807) is 18.2 Å². The van der Waals surface area contributed by atoms with Crippen LogP contribution in [-0.4, -0.2) is 27.3 Å². The molecule has 1 heterocycles. The first-order chi connectivity index (χ1) is 11.4. The van der Waals surface area contributed by atoms with Crippen LogP contribution in [0.5, 0.6) is 0 Å². The van der Waals surface area contributed by atoms with E-state index >= 15 is 0 Å². The second-order valence-corrected chi connectivity index (χ2v) is 7.76. The minimum Gasteiger partial charge on any atom is -0.378 e. The third kappa shape index (κ3) is 3.42. The molecule has 0 amide bonds. The highest BCUT2D eigenvalue weighted by molar-refractivity contribution is 7.90. The van der Waals surface area contributed by atoms with Gasteiger partial charge in [0.1, 0.15) is 6.10 Å². The fourth-order valence-corrected chi connectivity index (χ4v) is 3.72. The Morgan fingerprint density at radius 3 is 2.58 bits per heavy atom. The predicted molar refractivity (Wildman–Crippen MR) is 86.6 cm³/mol. The van der Waals surface area contributed by atoms with E-state index in [1.165, 1.54) is 12.1 Å². The molecule has 24 heavy (non-hydrogen) atoms. The van der Waals surface area contributed by atoms with Gasteiger partial charge >= 0.3 is 0 Å². The smallest absolute Gasteiger partial charge is 0.177 e. The lowest BCUT2D eigenvalue weighted by Crippen LogP contribution is -2.24. The molecule has 1 aliphatic heterocycles. The Labute approximate surface area is 139 Å². The summed E-state index contributed by atoms with van der Waals surface area (Å²) in [5.41, 5.74) is 0.990. The van der Waals surface area contributed by atoms with Crippen molar-refractivity contribution in [3.63, 3.8) is 0 Å². The summed E-state index contributed by atoms with van der Waals surface area (Å²) in [5, 5.41) is 3.18. The van der Waals surface area contributed by atoms with E-state index in [2.05, 4.69) is 5.32 Å². The minimum absolute atomic E-state index is 0.195. The Morgan fingerprint density at radius 1 is 1.12 bits per heavy atom. The molecular weight excluding hydrogens is 336 g/mol. The summed E-state index contributed by atoms with van der Waals surface area (Å²) in [4.78, 5) is 0.195. The van der Waals surface area contributed by atoms with E-state index in [9.17, 15) is 17.2 Å². The summed E-state index contributed by atoms with van der Waals surface area (Å²) in [6, 6.07) is 10.0. The molecule has 0 radical (unpaired) electrons. The fourth-order valence-electron chi connectivity index (χ4n) is 2.86. The Balaban J connectivity index is 1.89. The quantitative estimate of drug-likeness (QED) is 0.916. The summed E-state index contributed by atoms with van der Waals surface area (Å²) in [6.07, 6.45) is 1.29. The third-order valence-electron chi connectivity index (χ3n) is 3.99. The molecule has 0 aromatic heterocycles. The van der Waals surface area contributed by atoms with Gasteiger partial charge < -0.3 is 10.1 Å². The van der Waals surface area contributed by atoms with Crippen LogP contribution in [-0.2, 0) is 14.6 Å². The monoisotopic (exact) mass is 353 g/mol. The highest BCUT2D eigenvalue weighted by Gasteiger charge is 2.31. The second kappa shape index (κ2) is 6.49. The van der Waals surface area contributed by atoms with Gasteiger partial charge in [-0.15, -0.1) is 0 Å². The molecule has 1 saturated heterocycles. The first-order valence-corrected chi connectivity index (χ1v) is 9.37. The molecule has 2 aromatic carbocycles. The van der Waals surface area contributed by atoms with Gasteiger partial charge in [-0.3, -0.25) is 0 Å². The number of anilines is 1. The molecule has 0 spiro atoms. The van der Waals surface area contributed by atoms with E-state index in [1.807, 2.05) is 0 Å². The molecule has 2 unspecified atom stereocenters. The number of benzene rings is 2. The van der Waals surface area contributed by atoms with Crippen LogP contribution in [0.2, 0.25) is 0 Å². The Morgan fingerprint density at radius 2 is 1.88 bits per heavy atom. The highest BCUT2D eigenvalue weighted by atomic mass is 32.2. The SMILES string of the molecule is CS(=O)(=O)c1ccccc1NC1CCOC1c1ccc(F)c(F)c1. The van der Waals surface area contributed by atoms with E-state index in [-0.39, 0.29) is 10.9 Å². The molecule has 1 N–H and O–H groups in total. The van der Waals surface area contributed by atoms with E-state index in [0.717, 1.165) is 18.4 Å². The van der Waals surface area contributed by atoms with Gasteiger partial charge in [-0.2, -0.15) is 0 Å². The van der Waals surface area contributed by atoms with Crippen LogP contribution in [0.3, 0.4) is 0 Å². The molecule has 0 saturated carbocycles. The van der Waals surface area contributed by atoms with Gasteiger partial charge in [0.15, 0.2) is 21.5 Å². The van der Waals surface area contributed by atoms with Gasteiger partial charge in [-0.05, 0) is 36.2 Å². The van der Waals surface area contributed by atoms with Crippen LogP contribution in [0.25, 0.3) is 0 Å². The van der Waals surface area contributed by atoms with Crippen LogP contribution >= 0.6 is 0 Å². The van der Waals surface area contributed by atoms with Crippen molar-refractivity contribution < 1.29 is 21.9 Å². The molecule has 128 valence electrons. The minimum atomic E-state index is -3.38. The van der Waals surface area contributed by atoms with Crippen molar-refractivity contribution in [2.45, 2.75) is 23.5 Å². The van der Waals surface area contributed by atoms with Gasteiger partial charge in [-0.1, -0.05) is 18.2 Å². The number of para-hydroxylation sites is 1. The number of halogens is 2. The first-order valence-electron chi connectivity index (χ1n) is 7.48. The molecule has 2 aromatic rings. The fraction of sp³-hybridized carbons (Fsp3) is 0.294. The average Bonchev–Trinajstić information content (AvgIpc) is 2.98. The largest absolute Gasteiger partial charge is 0.378 e. The zero-order valence-corrected chi connectivity index (χ0v) is 13.8. The topological polar surface area (TPSA) is 55.4 Å². The lowest BCUT2D eigenvalue weighted by Gasteiger charge is -2.22. The molecule has 0 aliphatic carbocycles. The van der Waals surface area contributed by atoms with E-state index in [4.69, 9.17) is 4.74 Å². The van der Waals surface area contributed by atoms with E-state index < -0.39 is 27.6 Å². The lowest BCUT2D eigenvalue weighted by molar-refractivity contribution is 0.107. The Kier molecular flexibility index (Phi) is 4.56. The van der Waals surface area contributed by atoms with Crippen molar-refractivity contribution >= 4 is 15.5 Å². The maximum atomic E-state index is 13.5. The zero-order valence-electron chi connectivity index (χ0n) is 13.0. The van der Waals surface area contributed by atoms with Crippen LogP contribution in [0.15, 0.2) is 47.4 Å². The molecule has 1 fully saturated rings. The molecule has 3 rings (SSSR count). The summed E-state index contributed by atoms with van der Waals surface area (Å²) in [7, 11) is -3.38. The maximum Gasteiger partial charge on any atom is 0.177 e. The first kappa shape index (κ1) is 16.9. The van der Waals surface area contributed by atoms with Crippen molar-refractivity contribution in [2.24, 2.45) is 0 Å².